The minimum Gasteiger partial charge on any atom is -0.388 e. The fraction of sp³-hybridized carbons (Fsp3) is 0.333. The first-order valence-electron chi connectivity index (χ1n) is 8.39. The lowest BCUT2D eigenvalue weighted by Crippen LogP contribution is -2.23. The van der Waals surface area contributed by atoms with Gasteiger partial charge in [-0.05, 0) is 41.2 Å². The Bertz CT molecular complexity index is 637. The van der Waals surface area contributed by atoms with E-state index >= 15 is 0 Å². The average Bonchev–Trinajstić information content (AvgIpc) is 2.56. The van der Waals surface area contributed by atoms with Crippen molar-refractivity contribution < 1.29 is 0 Å². The van der Waals surface area contributed by atoms with E-state index in [-0.39, 0.29) is 0 Å². The third-order valence-corrected chi connectivity index (χ3v) is 4.28. The van der Waals surface area contributed by atoms with E-state index in [1.54, 1.807) is 0 Å². The lowest BCUT2D eigenvalue weighted by Gasteiger charge is -2.28. The highest BCUT2D eigenvalue weighted by atomic mass is 15.1. The standard InChI is InChI=1S/C21H28N2/c1-6-8-16(3)14-23-15-20(10-9-17(23)4)19-12-11-18(7-2)21(13-19)22-5/h7,9-13,15-16,22H,2,4,6,8,14H2,1,3,5H3. The second-order valence-electron chi connectivity index (χ2n) is 6.21. The SMILES string of the molecule is C=Cc1ccc(C2=CN(CC(C)CCC)C(=C)C=C2)cc1NC. The largest absolute Gasteiger partial charge is 0.388 e. The average molecular weight is 308 g/mol. The van der Waals surface area contributed by atoms with Crippen molar-refractivity contribution in [2.24, 2.45) is 5.92 Å². The summed E-state index contributed by atoms with van der Waals surface area (Å²) in [6, 6.07) is 6.43. The number of allylic oxidation sites excluding steroid dienone is 3. The minimum absolute atomic E-state index is 0.664. The minimum atomic E-state index is 0.664. The Hall–Kier alpha value is -2.22. The van der Waals surface area contributed by atoms with Gasteiger partial charge in [0.2, 0.25) is 0 Å². The number of benzene rings is 1. The van der Waals surface area contributed by atoms with Crippen LogP contribution in [-0.2, 0) is 0 Å². The van der Waals surface area contributed by atoms with Gasteiger partial charge in [0.05, 0.1) is 0 Å². The van der Waals surface area contributed by atoms with E-state index in [9.17, 15) is 0 Å². The van der Waals surface area contributed by atoms with Gasteiger partial charge in [0, 0.05) is 31.2 Å². The van der Waals surface area contributed by atoms with Crippen LogP contribution in [-0.4, -0.2) is 18.5 Å². The molecule has 2 nitrogen and oxygen atoms in total. The first-order valence-corrected chi connectivity index (χ1v) is 8.39. The maximum Gasteiger partial charge on any atom is 0.0417 e. The van der Waals surface area contributed by atoms with Crippen LogP contribution in [0.15, 0.2) is 55.4 Å². The zero-order valence-corrected chi connectivity index (χ0v) is 14.6. The molecule has 1 unspecified atom stereocenters. The second kappa shape index (κ2) is 7.87. The van der Waals surface area contributed by atoms with Crippen LogP contribution >= 0.6 is 0 Å². The maximum atomic E-state index is 4.17. The van der Waals surface area contributed by atoms with E-state index in [2.05, 4.69) is 73.8 Å². The number of rotatable bonds is 7. The third kappa shape index (κ3) is 4.16. The van der Waals surface area contributed by atoms with Gasteiger partial charge < -0.3 is 10.2 Å². The lowest BCUT2D eigenvalue weighted by atomic mass is 9.99. The number of nitrogens with zero attached hydrogens (tertiary/aromatic N) is 1. The summed E-state index contributed by atoms with van der Waals surface area (Å²) in [6.07, 6.45) is 10.8. The van der Waals surface area contributed by atoms with Crippen LogP contribution in [0.4, 0.5) is 5.69 Å². The maximum absolute atomic E-state index is 4.17. The second-order valence-corrected chi connectivity index (χ2v) is 6.21. The number of hydrogen-bond donors (Lipinski definition) is 1. The highest BCUT2D eigenvalue weighted by Crippen LogP contribution is 2.28. The molecule has 2 heteroatoms. The topological polar surface area (TPSA) is 15.3 Å². The molecule has 2 rings (SSSR count). The van der Waals surface area contributed by atoms with Crippen LogP contribution < -0.4 is 5.32 Å². The van der Waals surface area contributed by atoms with Crippen molar-refractivity contribution in [1.29, 1.82) is 0 Å². The van der Waals surface area contributed by atoms with E-state index in [0.29, 0.717) is 5.92 Å². The molecule has 122 valence electrons. The molecule has 0 radical (unpaired) electrons. The molecule has 1 aromatic rings. The molecular weight excluding hydrogens is 280 g/mol. The van der Waals surface area contributed by atoms with Crippen LogP contribution in [0, 0.1) is 5.92 Å². The summed E-state index contributed by atoms with van der Waals surface area (Å²) < 4.78 is 0. The Morgan fingerprint density at radius 3 is 2.74 bits per heavy atom. The van der Waals surface area contributed by atoms with Crippen LogP contribution in [0.5, 0.6) is 0 Å². The van der Waals surface area contributed by atoms with Gasteiger partial charge in [-0.1, -0.05) is 57.7 Å². The molecule has 1 aliphatic heterocycles. The summed E-state index contributed by atoms with van der Waals surface area (Å²) >= 11 is 0. The van der Waals surface area contributed by atoms with Crippen molar-refractivity contribution in [2.45, 2.75) is 26.7 Å². The van der Waals surface area contributed by atoms with Crippen molar-refractivity contribution in [3.63, 3.8) is 0 Å². The van der Waals surface area contributed by atoms with Crippen molar-refractivity contribution in [2.75, 3.05) is 18.9 Å². The highest BCUT2D eigenvalue weighted by Gasteiger charge is 2.14. The molecule has 1 atom stereocenters. The zero-order chi connectivity index (χ0) is 16.8. The molecule has 1 heterocycles. The van der Waals surface area contributed by atoms with Crippen molar-refractivity contribution in [3.8, 4) is 0 Å². The van der Waals surface area contributed by atoms with Gasteiger partial charge in [-0.3, -0.25) is 0 Å². The van der Waals surface area contributed by atoms with Gasteiger partial charge in [0.1, 0.15) is 0 Å². The predicted molar refractivity (Wildman–Crippen MR) is 103 cm³/mol. The molecule has 1 N–H and O–H groups in total. The summed E-state index contributed by atoms with van der Waals surface area (Å²) in [6.45, 7) is 13.6. The molecule has 0 spiro atoms. The Morgan fingerprint density at radius 2 is 2.09 bits per heavy atom. The monoisotopic (exact) mass is 308 g/mol. The Balaban J connectivity index is 2.26. The van der Waals surface area contributed by atoms with Crippen LogP contribution in [0.25, 0.3) is 11.6 Å². The Morgan fingerprint density at radius 1 is 1.30 bits per heavy atom. The Kier molecular flexibility index (Phi) is 5.86. The van der Waals surface area contributed by atoms with Crippen molar-refractivity contribution in [3.05, 3.63) is 66.5 Å². The van der Waals surface area contributed by atoms with E-state index in [4.69, 9.17) is 0 Å². The first-order chi connectivity index (χ1) is 11.1. The quantitative estimate of drug-likeness (QED) is 0.712. The molecule has 23 heavy (non-hydrogen) atoms. The molecule has 0 bridgehead atoms. The first kappa shape index (κ1) is 17.1. The smallest absolute Gasteiger partial charge is 0.0417 e. The van der Waals surface area contributed by atoms with Crippen LogP contribution in [0.1, 0.15) is 37.8 Å². The molecule has 0 fully saturated rings. The summed E-state index contributed by atoms with van der Waals surface area (Å²) in [5, 5.41) is 3.24. The van der Waals surface area contributed by atoms with E-state index in [1.165, 1.54) is 24.0 Å². The molecule has 0 saturated heterocycles. The van der Waals surface area contributed by atoms with Gasteiger partial charge in [0.25, 0.3) is 0 Å². The predicted octanol–water partition coefficient (Wildman–Crippen LogP) is 5.53. The molecule has 0 saturated carbocycles. The van der Waals surface area contributed by atoms with Crippen LogP contribution in [0.3, 0.4) is 0 Å². The molecular formula is C21H28N2. The fourth-order valence-corrected chi connectivity index (χ4v) is 2.97. The summed E-state index contributed by atoms with van der Waals surface area (Å²) in [5.41, 5.74) is 5.70. The summed E-state index contributed by atoms with van der Waals surface area (Å²) in [4.78, 5) is 2.27. The van der Waals surface area contributed by atoms with E-state index < -0.39 is 0 Å². The van der Waals surface area contributed by atoms with Gasteiger partial charge >= 0.3 is 0 Å². The third-order valence-electron chi connectivity index (χ3n) is 4.28. The van der Waals surface area contributed by atoms with Gasteiger partial charge in [-0.2, -0.15) is 0 Å². The summed E-state index contributed by atoms with van der Waals surface area (Å²) in [7, 11) is 1.94. The van der Waals surface area contributed by atoms with Crippen molar-refractivity contribution in [1.82, 2.24) is 4.90 Å². The van der Waals surface area contributed by atoms with E-state index in [1.807, 2.05) is 13.1 Å². The molecule has 1 aromatic carbocycles. The van der Waals surface area contributed by atoms with Crippen molar-refractivity contribution >= 4 is 17.3 Å². The highest BCUT2D eigenvalue weighted by molar-refractivity contribution is 5.80. The molecule has 0 aromatic heterocycles. The number of nitrogens with one attached hydrogen (secondary N) is 1. The van der Waals surface area contributed by atoms with E-state index in [0.717, 1.165) is 23.5 Å². The van der Waals surface area contributed by atoms with Gasteiger partial charge in [0.15, 0.2) is 0 Å². The molecule has 0 amide bonds. The number of hydrogen-bond acceptors (Lipinski definition) is 2. The Labute approximate surface area is 140 Å². The normalized spacial score (nSPS) is 15.3. The number of anilines is 1. The van der Waals surface area contributed by atoms with Crippen LogP contribution in [0.2, 0.25) is 0 Å². The fourth-order valence-electron chi connectivity index (χ4n) is 2.97. The summed E-state index contributed by atoms with van der Waals surface area (Å²) in [5.74, 6) is 0.664. The lowest BCUT2D eigenvalue weighted by molar-refractivity contribution is 0.370. The van der Waals surface area contributed by atoms with Gasteiger partial charge in [-0.15, -0.1) is 0 Å². The molecule has 1 aliphatic rings. The molecule has 0 aliphatic carbocycles. The van der Waals surface area contributed by atoms with Gasteiger partial charge in [-0.25, -0.2) is 0 Å². The zero-order valence-electron chi connectivity index (χ0n) is 14.6.